The zero-order valence-corrected chi connectivity index (χ0v) is 16.3. The number of nitrogens with one attached hydrogen (secondary N) is 1. The SMILES string of the molecule is O=C(N[C@@H]1CCCc2ccccc21)c1ccccc1OCCOc1ccccc1. The normalized spacial score (nSPS) is 15.2. The molecule has 1 aliphatic rings. The van der Waals surface area contributed by atoms with E-state index in [4.69, 9.17) is 9.47 Å². The van der Waals surface area contributed by atoms with Crippen LogP contribution < -0.4 is 14.8 Å². The maximum absolute atomic E-state index is 13.0. The van der Waals surface area contributed by atoms with Gasteiger partial charge in [-0.1, -0.05) is 54.6 Å². The Balaban J connectivity index is 1.38. The number of ether oxygens (including phenoxy) is 2. The van der Waals surface area contributed by atoms with Crippen LogP contribution in [0.5, 0.6) is 11.5 Å². The second-order valence-electron chi connectivity index (χ2n) is 7.12. The third kappa shape index (κ3) is 4.77. The van der Waals surface area contributed by atoms with Crippen LogP contribution in [-0.2, 0) is 6.42 Å². The van der Waals surface area contributed by atoms with Crippen molar-refractivity contribution in [1.82, 2.24) is 5.32 Å². The van der Waals surface area contributed by atoms with Gasteiger partial charge in [-0.15, -0.1) is 0 Å². The molecule has 3 aromatic rings. The highest BCUT2D eigenvalue weighted by atomic mass is 16.5. The predicted octanol–water partition coefficient (Wildman–Crippen LogP) is 4.95. The Bertz CT molecular complexity index is 955. The molecule has 1 N–H and O–H groups in total. The first kappa shape index (κ1) is 19.1. The molecule has 0 aliphatic heterocycles. The van der Waals surface area contributed by atoms with Gasteiger partial charge in [0.15, 0.2) is 0 Å². The van der Waals surface area contributed by atoms with Crippen molar-refractivity contribution in [3.05, 3.63) is 95.6 Å². The quantitative estimate of drug-likeness (QED) is 0.584. The van der Waals surface area contributed by atoms with Crippen LogP contribution >= 0.6 is 0 Å². The Labute approximate surface area is 171 Å². The number of hydrogen-bond donors (Lipinski definition) is 1. The molecule has 0 aromatic heterocycles. The second kappa shape index (κ2) is 9.28. The molecule has 3 aromatic carbocycles. The Morgan fingerprint density at radius 3 is 2.48 bits per heavy atom. The summed E-state index contributed by atoms with van der Waals surface area (Å²) >= 11 is 0. The zero-order valence-electron chi connectivity index (χ0n) is 16.3. The Hall–Kier alpha value is -3.27. The number of amides is 1. The van der Waals surface area contributed by atoms with E-state index in [0.717, 1.165) is 25.0 Å². The lowest BCUT2D eigenvalue weighted by atomic mass is 9.87. The van der Waals surface area contributed by atoms with Crippen LogP contribution in [0.15, 0.2) is 78.9 Å². The van der Waals surface area contributed by atoms with Crippen LogP contribution in [0.4, 0.5) is 0 Å². The van der Waals surface area contributed by atoms with Crippen molar-refractivity contribution in [2.75, 3.05) is 13.2 Å². The second-order valence-corrected chi connectivity index (χ2v) is 7.12. The van der Waals surface area contributed by atoms with Gasteiger partial charge >= 0.3 is 0 Å². The van der Waals surface area contributed by atoms with Gasteiger partial charge in [0.05, 0.1) is 11.6 Å². The Morgan fingerprint density at radius 1 is 0.862 bits per heavy atom. The standard InChI is InChI=1S/C25H25NO3/c27-25(26-23-15-8-10-19-9-4-5-13-21(19)23)22-14-6-7-16-24(22)29-18-17-28-20-11-2-1-3-12-20/h1-7,9,11-14,16,23H,8,10,15,17-18H2,(H,26,27)/t23-/m1/s1. The molecule has 0 saturated carbocycles. The van der Waals surface area contributed by atoms with Crippen molar-refractivity contribution in [2.24, 2.45) is 0 Å². The van der Waals surface area contributed by atoms with Gasteiger partial charge < -0.3 is 14.8 Å². The molecule has 0 spiro atoms. The lowest BCUT2D eigenvalue weighted by Gasteiger charge is -2.26. The molecule has 0 saturated heterocycles. The number of hydrogen-bond acceptors (Lipinski definition) is 3. The van der Waals surface area contributed by atoms with Crippen molar-refractivity contribution >= 4 is 5.91 Å². The van der Waals surface area contributed by atoms with Gasteiger partial charge in [0.2, 0.25) is 0 Å². The van der Waals surface area contributed by atoms with Gasteiger partial charge in [-0.2, -0.15) is 0 Å². The summed E-state index contributed by atoms with van der Waals surface area (Å²) in [6.45, 7) is 0.779. The Kier molecular flexibility index (Phi) is 6.10. The van der Waals surface area contributed by atoms with E-state index in [9.17, 15) is 4.79 Å². The van der Waals surface area contributed by atoms with E-state index >= 15 is 0 Å². The van der Waals surface area contributed by atoms with Gasteiger partial charge in [-0.05, 0) is 54.7 Å². The summed E-state index contributed by atoms with van der Waals surface area (Å²) in [6, 6.07) is 25.4. The fourth-order valence-corrected chi connectivity index (χ4v) is 3.75. The third-order valence-electron chi connectivity index (χ3n) is 5.16. The smallest absolute Gasteiger partial charge is 0.255 e. The minimum Gasteiger partial charge on any atom is -0.490 e. The maximum Gasteiger partial charge on any atom is 0.255 e. The highest BCUT2D eigenvalue weighted by Crippen LogP contribution is 2.30. The number of aryl methyl sites for hydroxylation is 1. The van der Waals surface area contributed by atoms with Crippen LogP contribution in [0.1, 0.15) is 40.4 Å². The summed E-state index contributed by atoms with van der Waals surface area (Å²) in [5.74, 6) is 1.27. The van der Waals surface area contributed by atoms with Gasteiger partial charge in [-0.25, -0.2) is 0 Å². The van der Waals surface area contributed by atoms with Crippen molar-refractivity contribution in [2.45, 2.75) is 25.3 Å². The molecule has 4 rings (SSSR count). The molecule has 0 radical (unpaired) electrons. The highest BCUT2D eigenvalue weighted by Gasteiger charge is 2.23. The van der Waals surface area contributed by atoms with E-state index in [2.05, 4.69) is 23.5 Å². The van der Waals surface area contributed by atoms with Crippen LogP contribution in [0.2, 0.25) is 0 Å². The molecule has 4 nitrogen and oxygen atoms in total. The van der Waals surface area contributed by atoms with Crippen LogP contribution in [0.25, 0.3) is 0 Å². The fourth-order valence-electron chi connectivity index (χ4n) is 3.75. The third-order valence-corrected chi connectivity index (χ3v) is 5.16. The lowest BCUT2D eigenvalue weighted by molar-refractivity contribution is 0.0927. The monoisotopic (exact) mass is 387 g/mol. The number of para-hydroxylation sites is 2. The van der Waals surface area contributed by atoms with Crippen molar-refractivity contribution in [1.29, 1.82) is 0 Å². The first-order chi connectivity index (χ1) is 14.3. The topological polar surface area (TPSA) is 47.6 Å². The molecular formula is C25H25NO3. The summed E-state index contributed by atoms with van der Waals surface area (Å²) in [6.07, 6.45) is 3.11. The largest absolute Gasteiger partial charge is 0.490 e. The number of rotatable bonds is 7. The van der Waals surface area contributed by atoms with E-state index in [-0.39, 0.29) is 11.9 Å². The molecule has 148 valence electrons. The van der Waals surface area contributed by atoms with Crippen LogP contribution in [0, 0.1) is 0 Å². The molecule has 29 heavy (non-hydrogen) atoms. The number of carbonyl (C=O) groups is 1. The Morgan fingerprint density at radius 2 is 1.59 bits per heavy atom. The zero-order chi connectivity index (χ0) is 19.9. The predicted molar refractivity (Wildman–Crippen MR) is 113 cm³/mol. The minimum atomic E-state index is -0.105. The van der Waals surface area contributed by atoms with E-state index < -0.39 is 0 Å². The summed E-state index contributed by atoms with van der Waals surface area (Å²) in [5.41, 5.74) is 3.10. The van der Waals surface area contributed by atoms with Gasteiger partial charge in [-0.3, -0.25) is 4.79 Å². The first-order valence-corrected chi connectivity index (χ1v) is 10.1. The minimum absolute atomic E-state index is 0.0434. The first-order valence-electron chi connectivity index (χ1n) is 10.1. The molecule has 4 heteroatoms. The van der Waals surface area contributed by atoms with Gasteiger partial charge in [0.1, 0.15) is 24.7 Å². The van der Waals surface area contributed by atoms with Crippen molar-refractivity contribution in [3.8, 4) is 11.5 Å². The molecule has 0 fully saturated rings. The van der Waals surface area contributed by atoms with E-state index in [0.29, 0.717) is 24.5 Å². The summed E-state index contributed by atoms with van der Waals surface area (Å²) in [5, 5.41) is 3.20. The van der Waals surface area contributed by atoms with Crippen LogP contribution in [-0.4, -0.2) is 19.1 Å². The van der Waals surface area contributed by atoms with E-state index in [1.54, 1.807) is 6.07 Å². The number of carbonyl (C=O) groups excluding carboxylic acids is 1. The van der Waals surface area contributed by atoms with Gasteiger partial charge in [0.25, 0.3) is 5.91 Å². The fraction of sp³-hybridized carbons (Fsp3) is 0.240. The molecular weight excluding hydrogens is 362 g/mol. The van der Waals surface area contributed by atoms with Crippen LogP contribution in [0.3, 0.4) is 0 Å². The van der Waals surface area contributed by atoms with E-state index in [1.807, 2.05) is 54.6 Å². The average molecular weight is 387 g/mol. The molecule has 0 unspecified atom stereocenters. The molecule has 0 heterocycles. The van der Waals surface area contributed by atoms with Gasteiger partial charge in [0, 0.05) is 0 Å². The summed E-state index contributed by atoms with van der Waals surface area (Å²) in [4.78, 5) is 13.0. The van der Waals surface area contributed by atoms with Crippen molar-refractivity contribution in [3.63, 3.8) is 0 Å². The number of benzene rings is 3. The summed E-state index contributed by atoms with van der Waals surface area (Å²) in [7, 11) is 0. The average Bonchev–Trinajstić information content (AvgIpc) is 2.78. The maximum atomic E-state index is 13.0. The highest BCUT2D eigenvalue weighted by molar-refractivity contribution is 5.97. The lowest BCUT2D eigenvalue weighted by Crippen LogP contribution is -2.31. The number of fused-ring (bicyclic) bond motifs is 1. The molecule has 1 atom stereocenters. The molecule has 1 amide bonds. The molecule has 1 aliphatic carbocycles. The van der Waals surface area contributed by atoms with Crippen molar-refractivity contribution < 1.29 is 14.3 Å². The van der Waals surface area contributed by atoms with E-state index in [1.165, 1.54) is 11.1 Å². The summed E-state index contributed by atoms with van der Waals surface area (Å²) < 4.78 is 11.5. The molecule has 0 bridgehead atoms.